The number of hydrogen-bond donors (Lipinski definition) is 0. The average molecular weight is 740 g/mol. The van der Waals surface area contributed by atoms with Crippen LogP contribution in [0.2, 0.25) is 0 Å². The summed E-state index contributed by atoms with van der Waals surface area (Å²) in [5.41, 5.74) is 17.2. The first-order valence-corrected chi connectivity index (χ1v) is 21.9. The van der Waals surface area contributed by atoms with Crippen LogP contribution in [0.3, 0.4) is 0 Å². The summed E-state index contributed by atoms with van der Waals surface area (Å²) >= 11 is 0. The van der Waals surface area contributed by atoms with Crippen molar-refractivity contribution in [2.75, 3.05) is 4.90 Å². The first kappa shape index (κ1) is 34.8. The topological polar surface area (TPSA) is 3.24 Å². The fraction of sp³-hybridized carbons (Fsp3) is 0.286. The van der Waals surface area contributed by atoms with E-state index in [9.17, 15) is 0 Å². The Balaban J connectivity index is 1.02. The van der Waals surface area contributed by atoms with Crippen molar-refractivity contribution in [1.29, 1.82) is 0 Å². The van der Waals surface area contributed by atoms with Crippen molar-refractivity contribution in [2.24, 2.45) is 11.8 Å². The van der Waals surface area contributed by atoms with Crippen LogP contribution in [0.15, 0.2) is 152 Å². The molecule has 0 spiro atoms. The molecule has 0 amide bonds. The van der Waals surface area contributed by atoms with Crippen molar-refractivity contribution >= 4 is 27.8 Å². The van der Waals surface area contributed by atoms with Gasteiger partial charge in [-0.15, -0.1) is 0 Å². The zero-order valence-corrected chi connectivity index (χ0v) is 33.6. The largest absolute Gasteiger partial charge is 0.310 e. The molecule has 0 heterocycles. The predicted octanol–water partition coefficient (Wildman–Crippen LogP) is 15.9. The summed E-state index contributed by atoms with van der Waals surface area (Å²) in [6.45, 7) is 4.86. The van der Waals surface area contributed by atoms with Gasteiger partial charge in [-0.3, -0.25) is 0 Å². The van der Waals surface area contributed by atoms with Crippen LogP contribution >= 0.6 is 0 Å². The van der Waals surface area contributed by atoms with E-state index < -0.39 is 0 Å². The number of hydrogen-bond acceptors (Lipinski definition) is 1. The lowest BCUT2D eigenvalue weighted by Gasteiger charge is -2.30. The van der Waals surface area contributed by atoms with Crippen LogP contribution in [0.1, 0.15) is 106 Å². The third-order valence-electron chi connectivity index (χ3n) is 14.8. The molecule has 0 aliphatic heterocycles. The smallest absolute Gasteiger partial charge is 0.0540 e. The molecule has 3 fully saturated rings. The standard InChI is InChI=1S/C56H53N/c1-56(2)53-35-44(48-18-10-9-17-47(48)39-14-7-4-8-15-39)26-30-49(53)50-31-29-46(36-54(50)56)57(45-27-24-41(25-28-45)51-33-37-20-21-43(51)32-37)55-19-11-16-40-22-23-42(34-52(40)55)38-12-5-3-6-13-38/h4,7-11,14-19,22-31,34-38,43,51H,3,5-6,12-13,20-21,32-33H2,1-2H3. The Kier molecular flexibility index (Phi) is 8.50. The third-order valence-corrected chi connectivity index (χ3v) is 14.8. The molecule has 4 aliphatic carbocycles. The Hall–Kier alpha value is -5.40. The Morgan fingerprint density at radius 2 is 1.19 bits per heavy atom. The fourth-order valence-electron chi connectivity index (χ4n) is 11.7. The summed E-state index contributed by atoms with van der Waals surface area (Å²) in [5.74, 6) is 3.21. The molecule has 4 aliphatic rings. The highest BCUT2D eigenvalue weighted by molar-refractivity contribution is 6.00. The van der Waals surface area contributed by atoms with Gasteiger partial charge in [0.2, 0.25) is 0 Å². The number of fused-ring (bicyclic) bond motifs is 6. The minimum absolute atomic E-state index is 0.164. The Bertz CT molecular complexity index is 2610. The van der Waals surface area contributed by atoms with E-state index in [0.29, 0.717) is 5.92 Å². The minimum Gasteiger partial charge on any atom is -0.310 e. The Morgan fingerprint density at radius 1 is 0.491 bits per heavy atom. The van der Waals surface area contributed by atoms with Gasteiger partial charge in [-0.05, 0) is 159 Å². The second kappa shape index (κ2) is 13.9. The lowest BCUT2D eigenvalue weighted by Crippen LogP contribution is -2.17. The van der Waals surface area contributed by atoms with Crippen molar-refractivity contribution in [3.8, 4) is 33.4 Å². The zero-order valence-electron chi connectivity index (χ0n) is 33.6. The van der Waals surface area contributed by atoms with Gasteiger partial charge in [-0.2, -0.15) is 0 Å². The number of rotatable bonds is 7. The second-order valence-corrected chi connectivity index (χ2v) is 18.3. The van der Waals surface area contributed by atoms with E-state index in [1.807, 2.05) is 0 Å². The quantitative estimate of drug-likeness (QED) is 0.157. The van der Waals surface area contributed by atoms with Gasteiger partial charge in [-0.1, -0.05) is 149 Å². The summed E-state index contributed by atoms with van der Waals surface area (Å²) in [6, 6.07) is 58.2. The van der Waals surface area contributed by atoms with Crippen molar-refractivity contribution in [1.82, 2.24) is 0 Å². The van der Waals surface area contributed by atoms with E-state index in [-0.39, 0.29) is 5.41 Å². The molecule has 3 saturated carbocycles. The van der Waals surface area contributed by atoms with Crippen LogP contribution in [0.5, 0.6) is 0 Å². The minimum atomic E-state index is -0.164. The van der Waals surface area contributed by atoms with Gasteiger partial charge in [0.1, 0.15) is 0 Å². The Labute approximate surface area is 339 Å². The van der Waals surface area contributed by atoms with Gasteiger partial charge in [0.25, 0.3) is 0 Å². The molecule has 7 aromatic carbocycles. The highest BCUT2D eigenvalue weighted by atomic mass is 15.1. The van der Waals surface area contributed by atoms with E-state index >= 15 is 0 Å². The first-order valence-electron chi connectivity index (χ1n) is 21.9. The summed E-state index contributed by atoms with van der Waals surface area (Å²) < 4.78 is 0. The molecule has 3 atom stereocenters. The van der Waals surface area contributed by atoms with Gasteiger partial charge in [-0.25, -0.2) is 0 Å². The number of nitrogens with zero attached hydrogens (tertiary/aromatic N) is 1. The second-order valence-electron chi connectivity index (χ2n) is 18.3. The molecule has 57 heavy (non-hydrogen) atoms. The van der Waals surface area contributed by atoms with Gasteiger partial charge in [0, 0.05) is 22.2 Å². The summed E-state index contributed by atoms with van der Waals surface area (Å²) in [4.78, 5) is 2.57. The monoisotopic (exact) mass is 739 g/mol. The van der Waals surface area contributed by atoms with Crippen LogP contribution in [0.25, 0.3) is 44.2 Å². The average Bonchev–Trinajstić information content (AvgIpc) is 3.97. The van der Waals surface area contributed by atoms with Crippen molar-refractivity contribution in [3.63, 3.8) is 0 Å². The van der Waals surface area contributed by atoms with Gasteiger partial charge in [0.15, 0.2) is 0 Å². The normalized spacial score (nSPS) is 20.8. The van der Waals surface area contributed by atoms with Crippen molar-refractivity contribution < 1.29 is 0 Å². The molecule has 0 aromatic heterocycles. The van der Waals surface area contributed by atoms with Crippen LogP contribution in [-0.4, -0.2) is 0 Å². The predicted molar refractivity (Wildman–Crippen MR) is 241 cm³/mol. The molecule has 11 rings (SSSR count). The fourth-order valence-corrected chi connectivity index (χ4v) is 11.7. The highest BCUT2D eigenvalue weighted by Crippen LogP contribution is 2.55. The molecule has 282 valence electrons. The van der Waals surface area contributed by atoms with E-state index in [0.717, 1.165) is 17.8 Å². The van der Waals surface area contributed by atoms with Crippen LogP contribution in [0.4, 0.5) is 17.1 Å². The maximum atomic E-state index is 2.57. The SMILES string of the molecule is CC1(C)c2cc(-c3ccccc3-c3ccccc3)ccc2-c2ccc(N(c3ccc(C4CC5CCC4C5)cc3)c3cccc4ccc(C5CCCCC5)cc34)cc21. The first-order chi connectivity index (χ1) is 28.0. The van der Waals surface area contributed by atoms with Crippen LogP contribution < -0.4 is 4.90 Å². The molecular weight excluding hydrogens is 687 g/mol. The van der Waals surface area contributed by atoms with E-state index in [1.54, 1.807) is 5.56 Å². The van der Waals surface area contributed by atoms with Gasteiger partial charge >= 0.3 is 0 Å². The summed E-state index contributed by atoms with van der Waals surface area (Å²) in [6.07, 6.45) is 12.4. The molecule has 7 aromatic rings. The lowest BCUT2D eigenvalue weighted by molar-refractivity contribution is 0.420. The molecule has 0 saturated heterocycles. The van der Waals surface area contributed by atoms with Gasteiger partial charge < -0.3 is 4.90 Å². The summed E-state index contributed by atoms with van der Waals surface area (Å²) in [7, 11) is 0. The lowest BCUT2D eigenvalue weighted by atomic mass is 9.81. The number of anilines is 3. The van der Waals surface area contributed by atoms with E-state index in [1.165, 1.54) is 136 Å². The molecular formula is C56H53N. The molecule has 0 radical (unpaired) electrons. The molecule has 3 unspecified atom stereocenters. The molecule has 1 heteroatoms. The van der Waals surface area contributed by atoms with Gasteiger partial charge in [0.05, 0.1) is 5.69 Å². The molecule has 0 N–H and O–H groups in total. The van der Waals surface area contributed by atoms with Crippen LogP contribution in [-0.2, 0) is 5.41 Å². The van der Waals surface area contributed by atoms with E-state index in [4.69, 9.17) is 0 Å². The summed E-state index contributed by atoms with van der Waals surface area (Å²) in [5, 5.41) is 2.66. The van der Waals surface area contributed by atoms with Crippen LogP contribution in [0, 0.1) is 11.8 Å². The third kappa shape index (κ3) is 5.96. The molecule has 2 bridgehead atoms. The Morgan fingerprint density at radius 3 is 1.95 bits per heavy atom. The van der Waals surface area contributed by atoms with E-state index in [2.05, 4.69) is 170 Å². The van der Waals surface area contributed by atoms with Crippen molar-refractivity contribution in [2.45, 2.75) is 88.9 Å². The van der Waals surface area contributed by atoms with Crippen molar-refractivity contribution in [3.05, 3.63) is 174 Å². The zero-order chi connectivity index (χ0) is 38.1. The maximum absolute atomic E-state index is 2.57. The highest BCUT2D eigenvalue weighted by Gasteiger charge is 2.40. The molecule has 1 nitrogen and oxygen atoms in total. The maximum Gasteiger partial charge on any atom is 0.0540 e. The number of benzene rings is 7.